The Labute approximate surface area is 154 Å². The number of carbonyl (C=O) groups is 1. The van der Waals surface area contributed by atoms with Crippen molar-refractivity contribution in [2.45, 2.75) is 32.1 Å². The molecule has 2 N–H and O–H groups in total. The SMILES string of the molecule is COc1ccc(Cc2nc(CCC3CCCN(C)C3)n[nH]2)cc1.O=CO. The first-order chi connectivity index (χ1) is 12.6. The van der Waals surface area contributed by atoms with E-state index in [9.17, 15) is 0 Å². The second-order valence-corrected chi connectivity index (χ2v) is 6.64. The van der Waals surface area contributed by atoms with Gasteiger partial charge < -0.3 is 14.7 Å². The van der Waals surface area contributed by atoms with Crippen LogP contribution < -0.4 is 4.74 Å². The fourth-order valence-electron chi connectivity index (χ4n) is 3.30. The lowest BCUT2D eigenvalue weighted by atomic mass is 9.94. The standard InChI is InChI=1S/C18H26N4O.CH2O2/c1-22-11-3-4-15(13-22)7-10-17-19-18(21-20-17)12-14-5-8-16(23-2)9-6-14;2-1-3/h5-6,8-9,15H,3-4,7,10-13H2,1-2H3,(H,19,20,21);1H,(H,2,3). The normalized spacial score (nSPS) is 17.2. The zero-order chi connectivity index (χ0) is 18.8. The van der Waals surface area contributed by atoms with Gasteiger partial charge in [0, 0.05) is 19.4 Å². The van der Waals surface area contributed by atoms with Gasteiger partial charge in [-0.3, -0.25) is 9.89 Å². The number of ether oxygens (including phenoxy) is 1. The van der Waals surface area contributed by atoms with Crippen molar-refractivity contribution >= 4 is 6.47 Å². The van der Waals surface area contributed by atoms with Crippen LogP contribution in [0.3, 0.4) is 0 Å². The molecule has 7 heteroatoms. The Bertz CT molecular complexity index is 657. The van der Waals surface area contributed by atoms with Gasteiger partial charge in [0.05, 0.1) is 7.11 Å². The summed E-state index contributed by atoms with van der Waals surface area (Å²) >= 11 is 0. The second-order valence-electron chi connectivity index (χ2n) is 6.64. The minimum absolute atomic E-state index is 0.250. The maximum Gasteiger partial charge on any atom is 0.290 e. The molecule has 142 valence electrons. The fraction of sp³-hybridized carbons (Fsp3) is 0.526. The first-order valence-corrected chi connectivity index (χ1v) is 8.94. The van der Waals surface area contributed by atoms with Crippen molar-refractivity contribution in [3.05, 3.63) is 41.5 Å². The summed E-state index contributed by atoms with van der Waals surface area (Å²) in [6.07, 6.45) is 5.59. The quantitative estimate of drug-likeness (QED) is 0.769. The summed E-state index contributed by atoms with van der Waals surface area (Å²) in [5.41, 5.74) is 1.21. The molecule has 0 radical (unpaired) electrons. The van der Waals surface area contributed by atoms with E-state index < -0.39 is 0 Å². The van der Waals surface area contributed by atoms with Crippen LogP contribution in [0.4, 0.5) is 0 Å². The van der Waals surface area contributed by atoms with E-state index in [1.807, 2.05) is 12.1 Å². The Hall–Kier alpha value is -2.41. The molecule has 1 aliphatic rings. The Morgan fingerprint density at radius 3 is 2.77 bits per heavy atom. The van der Waals surface area contributed by atoms with E-state index >= 15 is 0 Å². The molecule has 2 heterocycles. The molecule has 7 nitrogen and oxygen atoms in total. The summed E-state index contributed by atoms with van der Waals surface area (Å²) in [5.74, 6) is 3.55. The van der Waals surface area contributed by atoms with Crippen LogP contribution in [-0.2, 0) is 17.6 Å². The molecule has 2 aromatic rings. The van der Waals surface area contributed by atoms with E-state index in [1.54, 1.807) is 7.11 Å². The smallest absolute Gasteiger partial charge is 0.290 e. The summed E-state index contributed by atoms with van der Waals surface area (Å²) in [6.45, 7) is 2.20. The van der Waals surface area contributed by atoms with E-state index in [-0.39, 0.29) is 6.47 Å². The molecule has 1 fully saturated rings. The lowest BCUT2D eigenvalue weighted by Crippen LogP contribution is -2.32. The summed E-state index contributed by atoms with van der Waals surface area (Å²) < 4.78 is 5.18. The van der Waals surface area contributed by atoms with E-state index in [1.165, 1.54) is 37.9 Å². The van der Waals surface area contributed by atoms with Crippen LogP contribution in [0.15, 0.2) is 24.3 Å². The summed E-state index contributed by atoms with van der Waals surface area (Å²) in [5, 5.41) is 14.3. The van der Waals surface area contributed by atoms with Crippen molar-refractivity contribution in [1.82, 2.24) is 20.1 Å². The molecule has 0 aliphatic carbocycles. The highest BCUT2D eigenvalue weighted by Crippen LogP contribution is 2.20. The predicted molar refractivity (Wildman–Crippen MR) is 99.4 cm³/mol. The number of methoxy groups -OCH3 is 1. The molecule has 1 aromatic carbocycles. The van der Waals surface area contributed by atoms with Gasteiger partial charge in [0.2, 0.25) is 0 Å². The average molecular weight is 360 g/mol. The average Bonchev–Trinajstić information content (AvgIpc) is 3.09. The van der Waals surface area contributed by atoms with Gasteiger partial charge in [0.15, 0.2) is 5.82 Å². The number of aromatic nitrogens is 3. The summed E-state index contributed by atoms with van der Waals surface area (Å²) in [4.78, 5) is 15.4. The van der Waals surface area contributed by atoms with E-state index in [0.717, 1.165) is 36.2 Å². The van der Waals surface area contributed by atoms with Gasteiger partial charge >= 0.3 is 0 Å². The molecule has 1 saturated heterocycles. The number of aromatic amines is 1. The number of hydrogen-bond acceptors (Lipinski definition) is 5. The van der Waals surface area contributed by atoms with Gasteiger partial charge in [0.25, 0.3) is 6.47 Å². The van der Waals surface area contributed by atoms with Crippen LogP contribution in [-0.4, -0.2) is 58.9 Å². The number of aryl methyl sites for hydroxylation is 1. The molecule has 0 spiro atoms. The van der Waals surface area contributed by atoms with Crippen molar-refractivity contribution < 1.29 is 14.6 Å². The van der Waals surface area contributed by atoms with Crippen molar-refractivity contribution in [3.63, 3.8) is 0 Å². The highest BCUT2D eigenvalue weighted by Gasteiger charge is 2.17. The number of nitrogens with one attached hydrogen (secondary N) is 1. The van der Waals surface area contributed by atoms with Crippen LogP contribution in [0.5, 0.6) is 5.75 Å². The number of piperidine rings is 1. The maximum atomic E-state index is 8.36. The Balaban J connectivity index is 0.000000758. The Morgan fingerprint density at radius 1 is 1.38 bits per heavy atom. The van der Waals surface area contributed by atoms with Crippen LogP contribution in [0.2, 0.25) is 0 Å². The van der Waals surface area contributed by atoms with Crippen LogP contribution in [0, 0.1) is 5.92 Å². The number of rotatable bonds is 6. The van der Waals surface area contributed by atoms with Gasteiger partial charge in [-0.25, -0.2) is 4.98 Å². The molecule has 1 atom stereocenters. The minimum atomic E-state index is -0.250. The van der Waals surface area contributed by atoms with Crippen LogP contribution in [0.1, 0.15) is 36.5 Å². The number of likely N-dealkylation sites (tertiary alicyclic amines) is 1. The summed E-state index contributed by atoms with van der Waals surface area (Å²) in [7, 11) is 3.90. The zero-order valence-electron chi connectivity index (χ0n) is 15.5. The molecule has 0 saturated carbocycles. The number of carboxylic acid groups (broad SMARTS) is 1. The third-order valence-electron chi connectivity index (χ3n) is 4.61. The molecule has 1 aromatic heterocycles. The zero-order valence-corrected chi connectivity index (χ0v) is 15.5. The molecule has 0 bridgehead atoms. The molecule has 3 rings (SSSR count). The second kappa shape index (κ2) is 10.6. The lowest BCUT2D eigenvalue weighted by molar-refractivity contribution is -0.122. The van der Waals surface area contributed by atoms with E-state index in [4.69, 9.17) is 14.6 Å². The van der Waals surface area contributed by atoms with Crippen molar-refractivity contribution in [2.24, 2.45) is 5.92 Å². The van der Waals surface area contributed by atoms with Crippen molar-refractivity contribution in [2.75, 3.05) is 27.2 Å². The van der Waals surface area contributed by atoms with Crippen molar-refractivity contribution in [1.29, 1.82) is 0 Å². The molecule has 26 heavy (non-hydrogen) atoms. The van der Waals surface area contributed by atoms with Gasteiger partial charge in [-0.05, 0) is 56.5 Å². The largest absolute Gasteiger partial charge is 0.497 e. The number of H-pyrrole nitrogens is 1. The first kappa shape index (κ1) is 19.9. The number of hydrogen-bond donors (Lipinski definition) is 2. The van der Waals surface area contributed by atoms with E-state index in [2.05, 4.69) is 39.3 Å². The number of benzene rings is 1. The van der Waals surface area contributed by atoms with E-state index in [0.29, 0.717) is 0 Å². The van der Waals surface area contributed by atoms with Gasteiger partial charge in [-0.1, -0.05) is 12.1 Å². The van der Waals surface area contributed by atoms with Gasteiger partial charge in [0.1, 0.15) is 11.6 Å². The Morgan fingerprint density at radius 2 is 2.12 bits per heavy atom. The predicted octanol–water partition coefficient (Wildman–Crippen LogP) is 2.38. The Kier molecular flexibility index (Phi) is 8.08. The monoisotopic (exact) mass is 360 g/mol. The maximum absolute atomic E-state index is 8.36. The van der Waals surface area contributed by atoms with Gasteiger partial charge in [-0.2, -0.15) is 5.10 Å². The van der Waals surface area contributed by atoms with Crippen LogP contribution >= 0.6 is 0 Å². The number of nitrogens with zero attached hydrogens (tertiary/aromatic N) is 3. The topological polar surface area (TPSA) is 91.3 Å². The first-order valence-electron chi connectivity index (χ1n) is 8.94. The lowest BCUT2D eigenvalue weighted by Gasteiger charge is -2.29. The summed E-state index contributed by atoms with van der Waals surface area (Å²) in [6, 6.07) is 8.09. The van der Waals surface area contributed by atoms with Gasteiger partial charge in [-0.15, -0.1) is 0 Å². The molecular weight excluding hydrogens is 332 g/mol. The fourth-order valence-corrected chi connectivity index (χ4v) is 3.30. The molecule has 1 aliphatic heterocycles. The molecule has 1 unspecified atom stereocenters. The molecular formula is C19H28N4O3. The molecule has 0 amide bonds. The van der Waals surface area contributed by atoms with Crippen LogP contribution in [0.25, 0.3) is 0 Å². The third kappa shape index (κ3) is 6.48. The highest BCUT2D eigenvalue weighted by molar-refractivity contribution is 5.32. The van der Waals surface area contributed by atoms with Crippen molar-refractivity contribution in [3.8, 4) is 5.75 Å². The highest BCUT2D eigenvalue weighted by atomic mass is 16.5. The third-order valence-corrected chi connectivity index (χ3v) is 4.61. The minimum Gasteiger partial charge on any atom is -0.497 e.